The zero-order valence-corrected chi connectivity index (χ0v) is 12.8. The molecule has 0 radical (unpaired) electrons. The molecule has 1 atom stereocenters. The van der Waals surface area contributed by atoms with E-state index in [2.05, 4.69) is 0 Å². The Kier molecular flexibility index (Phi) is 13.2. The molecule has 0 fully saturated rings. The number of carbonyl (C=O) groups is 1. The van der Waals surface area contributed by atoms with Crippen LogP contribution in [0.2, 0.25) is 0 Å². The molecule has 0 bridgehead atoms. The molecule has 12 heavy (non-hydrogen) atoms. The van der Waals surface area contributed by atoms with Crippen LogP contribution in [0.25, 0.3) is 0 Å². The Hall–Kier alpha value is 1.82. The molecule has 0 saturated carbocycles. The summed E-state index contributed by atoms with van der Waals surface area (Å²) < 4.78 is 10.1. The van der Waals surface area contributed by atoms with E-state index in [1.165, 1.54) is 6.92 Å². The van der Waals surface area contributed by atoms with Gasteiger partial charge in [0.25, 0.3) is 0 Å². The Morgan fingerprint density at radius 3 is 1.83 bits per heavy atom. The first kappa shape index (κ1) is 19.4. The molecule has 7 heteroatoms. The van der Waals surface area contributed by atoms with Gasteiger partial charge in [-0.15, -0.1) is 0 Å². The van der Waals surface area contributed by atoms with Gasteiger partial charge in [0.1, 0.15) is 0 Å². The van der Waals surface area contributed by atoms with Crippen molar-refractivity contribution in [3.05, 3.63) is 0 Å². The molecule has 4 nitrogen and oxygen atoms in total. The monoisotopic (exact) mass is 210 g/mol. The van der Waals surface area contributed by atoms with E-state index in [-0.39, 0.29) is 59.1 Å². The molecular formula is C5H9Na2O4P. The van der Waals surface area contributed by atoms with Crippen molar-refractivity contribution in [1.82, 2.24) is 0 Å². The first-order valence-corrected chi connectivity index (χ1v) is 4.50. The summed E-state index contributed by atoms with van der Waals surface area (Å²) in [6, 6.07) is 0. The Balaban J connectivity index is -0.000000405. The van der Waals surface area contributed by atoms with E-state index in [4.69, 9.17) is 0 Å². The van der Waals surface area contributed by atoms with Crippen LogP contribution in [0.1, 0.15) is 20.3 Å². The average molecular weight is 210 g/mol. The Bertz CT molecular complexity index is 178. The summed E-state index contributed by atoms with van der Waals surface area (Å²) in [6.07, 6.45) is 0.382. The topological polar surface area (TPSA) is 80.3 Å². The number of hydrogen-bond acceptors (Lipinski definition) is 4. The van der Waals surface area contributed by atoms with Crippen molar-refractivity contribution in [3.8, 4) is 0 Å². The average Bonchev–Trinajstić information content (AvgIpc) is 1.83. The molecule has 0 aromatic heterocycles. The third kappa shape index (κ3) is 7.25. The van der Waals surface area contributed by atoms with Crippen molar-refractivity contribution in [2.75, 3.05) is 0 Å². The Morgan fingerprint density at radius 1 is 1.42 bits per heavy atom. The first-order valence-electron chi connectivity index (χ1n) is 2.96. The van der Waals surface area contributed by atoms with E-state index in [9.17, 15) is 19.1 Å². The van der Waals surface area contributed by atoms with Gasteiger partial charge in [0.05, 0.1) is 0 Å². The van der Waals surface area contributed by atoms with Gasteiger partial charge in [-0.25, -0.2) is 0 Å². The van der Waals surface area contributed by atoms with Gasteiger partial charge in [-0.1, -0.05) is 13.8 Å². The molecule has 0 aromatic carbocycles. The van der Waals surface area contributed by atoms with Crippen molar-refractivity contribution in [2.45, 2.75) is 20.3 Å². The second kappa shape index (κ2) is 8.16. The fourth-order valence-electron chi connectivity index (χ4n) is 0.445. The summed E-state index contributed by atoms with van der Waals surface area (Å²) in [5.74, 6) is -0.666. The quantitative estimate of drug-likeness (QED) is 0.342. The molecule has 1 unspecified atom stereocenters. The van der Waals surface area contributed by atoms with Crippen LogP contribution < -0.4 is 68.9 Å². The summed E-state index contributed by atoms with van der Waals surface area (Å²) >= 11 is 0. The second-order valence-electron chi connectivity index (χ2n) is 2.15. The fraction of sp³-hybridized carbons (Fsp3) is 0.800. The van der Waals surface area contributed by atoms with Gasteiger partial charge in [0.2, 0.25) is 0 Å². The van der Waals surface area contributed by atoms with Crippen molar-refractivity contribution in [2.24, 2.45) is 5.92 Å². The number of rotatable bonds is 3. The van der Waals surface area contributed by atoms with Crippen LogP contribution in [-0.4, -0.2) is 5.52 Å². The van der Waals surface area contributed by atoms with Crippen molar-refractivity contribution in [1.29, 1.82) is 0 Å². The van der Waals surface area contributed by atoms with Crippen LogP contribution in [-0.2, 0) is 9.36 Å². The Labute approximate surface area is 116 Å². The third-order valence-electron chi connectivity index (χ3n) is 1.30. The van der Waals surface area contributed by atoms with E-state index in [0.29, 0.717) is 6.42 Å². The predicted octanol–water partition coefficient (Wildman–Crippen LogP) is -6.52. The maximum atomic E-state index is 10.5. The molecule has 60 valence electrons. The number of carbonyl (C=O) groups excluding carboxylic acids is 1. The molecule has 0 amide bonds. The molecule has 0 aliphatic heterocycles. The SMILES string of the molecule is CCC(C)C(=O)P(=O)([O-])[O-].[Na+].[Na+]. The van der Waals surface area contributed by atoms with Crippen molar-refractivity contribution >= 4 is 13.1 Å². The standard InChI is InChI=1S/C5H11O4P.2Na/c1-3-4(2)5(6)10(7,8)9;;/h4H,3H2,1-2H3,(H2,7,8,9);;/q;2*+1/p-2. The molecule has 0 aliphatic rings. The van der Waals surface area contributed by atoms with Crippen LogP contribution in [0.4, 0.5) is 0 Å². The van der Waals surface area contributed by atoms with Crippen LogP contribution >= 0.6 is 7.60 Å². The van der Waals surface area contributed by atoms with Crippen molar-refractivity contribution < 1.29 is 78.3 Å². The third-order valence-corrected chi connectivity index (χ3v) is 2.28. The summed E-state index contributed by atoms with van der Waals surface area (Å²) in [5, 5.41) is 0. The molecule has 0 spiro atoms. The minimum Gasteiger partial charge on any atom is -0.805 e. The van der Waals surface area contributed by atoms with Gasteiger partial charge in [-0.3, -0.25) is 4.79 Å². The number of hydrogen-bond donors (Lipinski definition) is 0. The van der Waals surface area contributed by atoms with Crippen LogP contribution in [0.5, 0.6) is 0 Å². The van der Waals surface area contributed by atoms with Gasteiger partial charge < -0.3 is 14.4 Å². The minimum absolute atomic E-state index is 0. The van der Waals surface area contributed by atoms with Crippen LogP contribution in [0.15, 0.2) is 0 Å². The summed E-state index contributed by atoms with van der Waals surface area (Å²) in [5.41, 5.74) is -1.19. The maximum Gasteiger partial charge on any atom is 1.00 e. The van der Waals surface area contributed by atoms with E-state index in [0.717, 1.165) is 0 Å². The van der Waals surface area contributed by atoms with E-state index >= 15 is 0 Å². The molecule has 0 N–H and O–H groups in total. The molecule has 0 aliphatic carbocycles. The van der Waals surface area contributed by atoms with E-state index < -0.39 is 19.0 Å². The van der Waals surface area contributed by atoms with Crippen LogP contribution in [0.3, 0.4) is 0 Å². The van der Waals surface area contributed by atoms with Gasteiger partial charge in [-0.05, 0) is 6.42 Å². The van der Waals surface area contributed by atoms with Gasteiger partial charge in [0, 0.05) is 13.5 Å². The largest absolute Gasteiger partial charge is 1.00 e. The van der Waals surface area contributed by atoms with Gasteiger partial charge in [-0.2, -0.15) is 0 Å². The normalized spacial score (nSPS) is 12.3. The maximum absolute atomic E-state index is 10.5. The summed E-state index contributed by atoms with van der Waals surface area (Å²) in [4.78, 5) is 30.6. The molecule has 0 saturated heterocycles. The molecular weight excluding hydrogens is 201 g/mol. The molecule has 0 rings (SSSR count). The zero-order valence-electron chi connectivity index (χ0n) is 7.86. The second-order valence-corrected chi connectivity index (χ2v) is 3.58. The van der Waals surface area contributed by atoms with Crippen molar-refractivity contribution in [3.63, 3.8) is 0 Å². The van der Waals surface area contributed by atoms with Crippen LogP contribution in [0, 0.1) is 5.92 Å². The van der Waals surface area contributed by atoms with Gasteiger partial charge in [0.15, 0.2) is 5.52 Å². The molecule has 0 heterocycles. The smallest absolute Gasteiger partial charge is 0.805 e. The fourth-order valence-corrected chi connectivity index (χ4v) is 1.17. The molecule has 0 aromatic rings. The van der Waals surface area contributed by atoms with E-state index in [1.54, 1.807) is 6.92 Å². The minimum atomic E-state index is -4.97. The van der Waals surface area contributed by atoms with E-state index in [1.807, 2.05) is 0 Å². The summed E-state index contributed by atoms with van der Waals surface area (Å²) in [6.45, 7) is 3.07. The predicted molar refractivity (Wildman–Crippen MR) is 32.1 cm³/mol. The Morgan fingerprint density at radius 2 is 1.75 bits per heavy atom. The zero-order chi connectivity index (χ0) is 8.36. The summed E-state index contributed by atoms with van der Waals surface area (Å²) in [7, 11) is -4.97. The first-order chi connectivity index (χ1) is 4.39. The van der Waals surface area contributed by atoms with Gasteiger partial charge >= 0.3 is 59.1 Å².